The molecular formula is C14H27BO17. The molecule has 0 spiro atoms. The van der Waals surface area contributed by atoms with Crippen molar-refractivity contribution in [2.24, 2.45) is 0 Å². The number of hydrogen-bond donors (Lipinski definition) is 13. The fraction of sp³-hybridized carbons (Fsp3) is 0.857. The molecule has 18 heteroatoms. The molecule has 0 aromatic carbocycles. The molecule has 32 heavy (non-hydrogen) atoms. The Morgan fingerprint density at radius 2 is 0.875 bits per heavy atom. The number of hydrogen-bond acceptors (Lipinski definition) is 15. The van der Waals surface area contributed by atoms with Gasteiger partial charge in [-0.05, 0) is 0 Å². The summed E-state index contributed by atoms with van der Waals surface area (Å²) in [7, 11) is -2.87. The third-order valence-electron chi connectivity index (χ3n) is 4.20. The molecule has 0 aliphatic heterocycles. The lowest BCUT2D eigenvalue weighted by molar-refractivity contribution is -0.177. The van der Waals surface area contributed by atoms with Crippen LogP contribution in [0.5, 0.6) is 0 Å². The third kappa shape index (κ3) is 8.44. The Hall–Kier alpha value is -1.52. The van der Waals surface area contributed by atoms with Crippen LogP contribution in [0.15, 0.2) is 0 Å². The van der Waals surface area contributed by atoms with Gasteiger partial charge >= 0.3 is 19.3 Å². The second-order valence-electron chi connectivity index (χ2n) is 6.54. The number of aliphatic hydroxyl groups is 10. The zero-order valence-electron chi connectivity index (χ0n) is 16.2. The highest BCUT2D eigenvalue weighted by Gasteiger charge is 2.45. The molecular weight excluding hydrogens is 451 g/mol. The van der Waals surface area contributed by atoms with E-state index in [-0.39, 0.29) is 0 Å². The molecule has 0 fully saturated rings. The first-order valence-electron chi connectivity index (χ1n) is 8.82. The number of carboxylic acid groups (broad SMARTS) is 2. The Morgan fingerprint density at radius 1 is 0.594 bits per heavy atom. The molecule has 0 bridgehead atoms. The van der Waals surface area contributed by atoms with E-state index >= 15 is 0 Å². The summed E-state index contributed by atoms with van der Waals surface area (Å²) in [6, 6.07) is 0. The largest absolute Gasteiger partial charge is 0.638 e. The predicted molar refractivity (Wildman–Crippen MR) is 95.2 cm³/mol. The highest BCUT2D eigenvalue weighted by molar-refractivity contribution is 6.35. The van der Waals surface area contributed by atoms with Gasteiger partial charge in [0.2, 0.25) is 0 Å². The van der Waals surface area contributed by atoms with E-state index in [1.807, 2.05) is 0 Å². The van der Waals surface area contributed by atoms with Crippen molar-refractivity contribution in [2.75, 3.05) is 13.2 Å². The Balaban J connectivity index is 5.38. The van der Waals surface area contributed by atoms with Crippen molar-refractivity contribution in [1.82, 2.24) is 0 Å². The maximum atomic E-state index is 11.3. The third-order valence-corrected chi connectivity index (χ3v) is 4.20. The van der Waals surface area contributed by atoms with Gasteiger partial charge in [-0.2, -0.15) is 0 Å². The van der Waals surface area contributed by atoms with Gasteiger partial charge in [0.15, 0.2) is 12.2 Å². The summed E-state index contributed by atoms with van der Waals surface area (Å²) in [5, 5.41) is 122. The van der Waals surface area contributed by atoms with Crippen molar-refractivity contribution < 1.29 is 85.2 Å². The van der Waals surface area contributed by atoms with Gasteiger partial charge in [-0.1, -0.05) is 0 Å². The van der Waals surface area contributed by atoms with Crippen molar-refractivity contribution >= 4 is 19.3 Å². The molecule has 0 aromatic heterocycles. The van der Waals surface area contributed by atoms with E-state index in [9.17, 15) is 55.5 Å². The fourth-order valence-corrected chi connectivity index (χ4v) is 2.29. The first kappa shape index (κ1) is 30.5. The van der Waals surface area contributed by atoms with Crippen LogP contribution >= 0.6 is 0 Å². The Labute approximate surface area is 179 Å². The van der Waals surface area contributed by atoms with Crippen LogP contribution in [0.4, 0.5) is 0 Å². The lowest BCUT2D eigenvalue weighted by atomic mass is 9.97. The molecule has 0 amide bonds. The summed E-state index contributed by atoms with van der Waals surface area (Å²) in [6.45, 7) is -2.18. The van der Waals surface area contributed by atoms with Gasteiger partial charge in [0.25, 0.3) is 0 Å². The Kier molecular flexibility index (Phi) is 13.2. The molecule has 10 atom stereocenters. The van der Waals surface area contributed by atoms with Crippen LogP contribution in [-0.4, -0.2) is 160 Å². The van der Waals surface area contributed by atoms with Crippen molar-refractivity contribution in [1.29, 1.82) is 0 Å². The molecule has 0 unspecified atom stereocenters. The average Bonchev–Trinajstić information content (AvgIpc) is 2.76. The van der Waals surface area contributed by atoms with E-state index in [1.165, 1.54) is 0 Å². The number of aliphatic carboxylic acids is 2. The van der Waals surface area contributed by atoms with Crippen LogP contribution in [0, 0.1) is 0 Å². The molecule has 0 saturated carbocycles. The summed E-state index contributed by atoms with van der Waals surface area (Å²) >= 11 is 0. The number of carbonyl (C=O) groups is 2. The molecule has 17 nitrogen and oxygen atoms in total. The predicted octanol–water partition coefficient (Wildman–Crippen LogP) is -8.22. The minimum Gasteiger partial charge on any atom is -0.479 e. The normalized spacial score (nSPS) is 21.3. The van der Waals surface area contributed by atoms with Crippen molar-refractivity contribution in [3.05, 3.63) is 0 Å². The van der Waals surface area contributed by atoms with Crippen LogP contribution < -0.4 is 0 Å². The van der Waals surface area contributed by atoms with Crippen LogP contribution in [0.3, 0.4) is 0 Å². The van der Waals surface area contributed by atoms with Gasteiger partial charge in [-0.3, -0.25) is 0 Å². The van der Waals surface area contributed by atoms with Crippen molar-refractivity contribution in [3.63, 3.8) is 0 Å². The second kappa shape index (κ2) is 13.9. The number of aliphatic hydroxyl groups excluding tert-OH is 10. The summed E-state index contributed by atoms with van der Waals surface area (Å²) < 4.78 is 8.72. The average molecular weight is 478 g/mol. The van der Waals surface area contributed by atoms with Crippen LogP contribution in [0.2, 0.25) is 0 Å². The van der Waals surface area contributed by atoms with Crippen molar-refractivity contribution in [2.45, 2.75) is 61.0 Å². The maximum Gasteiger partial charge on any atom is 0.638 e. The van der Waals surface area contributed by atoms with Gasteiger partial charge in [0, 0.05) is 0 Å². The van der Waals surface area contributed by atoms with E-state index < -0.39 is 93.5 Å². The highest BCUT2D eigenvalue weighted by Crippen LogP contribution is 2.16. The van der Waals surface area contributed by atoms with Crippen LogP contribution in [0.25, 0.3) is 0 Å². The molecule has 0 heterocycles. The van der Waals surface area contributed by atoms with E-state index in [0.29, 0.717) is 0 Å². The van der Waals surface area contributed by atoms with Crippen LogP contribution in [-0.2, 0) is 18.9 Å². The van der Waals surface area contributed by atoms with Gasteiger partial charge in [0.1, 0.15) is 48.8 Å². The van der Waals surface area contributed by atoms with Crippen LogP contribution in [0.1, 0.15) is 0 Å². The van der Waals surface area contributed by atoms with E-state index in [1.54, 1.807) is 0 Å². The van der Waals surface area contributed by atoms with E-state index in [2.05, 4.69) is 9.31 Å². The monoisotopic (exact) mass is 478 g/mol. The molecule has 0 saturated heterocycles. The second-order valence-corrected chi connectivity index (χ2v) is 6.54. The standard InChI is InChI=1S/C14H27BO17/c16-1-3(18)5(20)7(22)9(24)11(13(26)27)31-15(30)32-12(14(28)29)10(25)8(23)6(21)4(19)2-17/h3-12,16-25,30H,1-2H2,(H,26,27)(H,28,29)/t3-,4-,5+,6+,7-,8-,9-,10-,11-,12-/m1/s1. The topological polar surface area (TPSA) is 316 Å². The highest BCUT2D eigenvalue weighted by atomic mass is 16.7. The first-order valence-corrected chi connectivity index (χ1v) is 8.82. The molecule has 0 aromatic rings. The fourth-order valence-electron chi connectivity index (χ4n) is 2.29. The van der Waals surface area contributed by atoms with Gasteiger partial charge < -0.3 is 75.6 Å². The smallest absolute Gasteiger partial charge is 0.479 e. The van der Waals surface area contributed by atoms with Crippen molar-refractivity contribution in [3.8, 4) is 0 Å². The number of carboxylic acids is 2. The Morgan fingerprint density at radius 3 is 1.09 bits per heavy atom. The summed E-state index contributed by atoms with van der Waals surface area (Å²) in [5.41, 5.74) is 0. The maximum absolute atomic E-state index is 11.3. The van der Waals surface area contributed by atoms with Gasteiger partial charge in [-0.15, -0.1) is 0 Å². The first-order chi connectivity index (χ1) is 14.7. The zero-order chi connectivity index (χ0) is 25.3. The molecule has 0 aliphatic carbocycles. The number of rotatable bonds is 16. The van der Waals surface area contributed by atoms with E-state index in [4.69, 9.17) is 20.4 Å². The molecule has 0 radical (unpaired) electrons. The SMILES string of the molecule is O=C(O)[C@H](OB(O)O[C@@H](C(=O)O)[C@H](O)[C@H](O)[C@@H](O)[C@H](O)CO)[C@H](O)[C@H](O)[C@@H](O)[C@H](O)CO. The summed E-state index contributed by atoms with van der Waals surface area (Å²) in [4.78, 5) is 22.5. The summed E-state index contributed by atoms with van der Waals surface area (Å²) in [6.07, 6.45) is -23.9. The molecule has 188 valence electrons. The minimum atomic E-state index is -2.87. The summed E-state index contributed by atoms with van der Waals surface area (Å²) in [5.74, 6) is -4.17. The molecule has 0 aliphatic rings. The molecule has 13 N–H and O–H groups in total. The minimum absolute atomic E-state index is 1.09. The van der Waals surface area contributed by atoms with Gasteiger partial charge in [0.05, 0.1) is 13.2 Å². The zero-order valence-corrected chi connectivity index (χ0v) is 16.2. The van der Waals surface area contributed by atoms with E-state index in [0.717, 1.165) is 0 Å². The lowest BCUT2D eigenvalue weighted by Crippen LogP contribution is -2.56. The Bertz CT molecular complexity index is 531. The van der Waals surface area contributed by atoms with Gasteiger partial charge in [-0.25, -0.2) is 9.59 Å². The molecule has 0 rings (SSSR count). The quantitative estimate of drug-likeness (QED) is 0.0916. The lowest BCUT2D eigenvalue weighted by Gasteiger charge is -2.31.